The number of pyridine rings is 1. The van der Waals surface area contributed by atoms with E-state index in [1.54, 1.807) is 18.3 Å². The number of nitrogens with zero attached hydrogens (tertiary/aromatic N) is 1. The molecule has 5 rings (SSSR count). The van der Waals surface area contributed by atoms with E-state index >= 15 is 0 Å². The number of rotatable bonds is 4. The number of fused-ring (bicyclic) bond motifs is 4. The van der Waals surface area contributed by atoms with Crippen LogP contribution in [0.25, 0.3) is 21.9 Å². The molecule has 2 aromatic heterocycles. The van der Waals surface area contributed by atoms with Gasteiger partial charge in [0.25, 0.3) is 5.91 Å². The van der Waals surface area contributed by atoms with Gasteiger partial charge < -0.3 is 14.5 Å². The zero-order valence-electron chi connectivity index (χ0n) is 15.6. The van der Waals surface area contributed by atoms with Gasteiger partial charge in [-0.2, -0.15) is 0 Å². The normalized spacial score (nSPS) is 12.8. The summed E-state index contributed by atoms with van der Waals surface area (Å²) in [6.45, 7) is -0.155. The van der Waals surface area contributed by atoms with Gasteiger partial charge in [-0.05, 0) is 61.2 Å². The second-order valence-electron chi connectivity index (χ2n) is 7.07. The van der Waals surface area contributed by atoms with Gasteiger partial charge in [-0.1, -0.05) is 6.07 Å². The first-order valence-corrected chi connectivity index (χ1v) is 9.54. The molecule has 0 aliphatic heterocycles. The number of carbonyl (C=O) groups excluding carboxylic acids is 1. The summed E-state index contributed by atoms with van der Waals surface area (Å²) in [7, 11) is 0. The van der Waals surface area contributed by atoms with Crippen molar-refractivity contribution in [1.82, 2.24) is 4.98 Å². The fraction of sp³-hybridized carbons (Fsp3) is 0.174. The molecule has 2 aromatic carbocycles. The van der Waals surface area contributed by atoms with Crippen LogP contribution in [-0.4, -0.2) is 17.5 Å². The Kier molecular flexibility index (Phi) is 4.24. The van der Waals surface area contributed by atoms with Crippen molar-refractivity contribution in [3.8, 4) is 5.75 Å². The maximum atomic E-state index is 12.4. The maximum absolute atomic E-state index is 12.4. The highest BCUT2D eigenvalue weighted by Gasteiger charge is 2.19. The Morgan fingerprint density at radius 1 is 1.07 bits per heavy atom. The van der Waals surface area contributed by atoms with E-state index in [0.29, 0.717) is 17.0 Å². The van der Waals surface area contributed by atoms with E-state index in [0.717, 1.165) is 46.7 Å². The van der Waals surface area contributed by atoms with E-state index in [4.69, 9.17) is 9.15 Å². The molecule has 0 fully saturated rings. The zero-order chi connectivity index (χ0) is 19.8. The van der Waals surface area contributed by atoms with Gasteiger partial charge in [0.05, 0.1) is 11.2 Å². The second-order valence-corrected chi connectivity index (χ2v) is 7.07. The number of aryl methyl sites for hydroxylation is 1. The van der Waals surface area contributed by atoms with E-state index in [1.807, 2.05) is 36.4 Å². The summed E-state index contributed by atoms with van der Waals surface area (Å²) in [5, 5.41) is 4.67. The molecule has 1 N–H and O–H groups in total. The highest BCUT2D eigenvalue weighted by atomic mass is 16.5. The van der Waals surface area contributed by atoms with E-state index in [-0.39, 0.29) is 18.1 Å². The molecule has 144 valence electrons. The lowest BCUT2D eigenvalue weighted by atomic mass is 10.1. The van der Waals surface area contributed by atoms with Crippen LogP contribution in [0.4, 0.5) is 5.69 Å². The van der Waals surface area contributed by atoms with Gasteiger partial charge in [0.2, 0.25) is 0 Å². The molecule has 4 aromatic rings. The summed E-state index contributed by atoms with van der Waals surface area (Å²) >= 11 is 0. The van der Waals surface area contributed by atoms with Crippen molar-refractivity contribution in [2.75, 3.05) is 11.9 Å². The lowest BCUT2D eigenvalue weighted by molar-refractivity contribution is -0.118. The molecule has 1 aliphatic carbocycles. The van der Waals surface area contributed by atoms with Crippen LogP contribution in [0.1, 0.15) is 17.5 Å². The molecule has 0 spiro atoms. The van der Waals surface area contributed by atoms with E-state index < -0.39 is 0 Å². The number of ether oxygens (including phenoxy) is 1. The highest BCUT2D eigenvalue weighted by Crippen LogP contribution is 2.29. The average Bonchev–Trinajstić information content (AvgIpc) is 3.23. The summed E-state index contributed by atoms with van der Waals surface area (Å²) in [4.78, 5) is 28.8. The minimum absolute atomic E-state index is 0.155. The van der Waals surface area contributed by atoms with E-state index in [2.05, 4.69) is 10.3 Å². The van der Waals surface area contributed by atoms with Crippen LogP contribution in [0.2, 0.25) is 0 Å². The molecule has 0 saturated carbocycles. The van der Waals surface area contributed by atoms with Crippen molar-refractivity contribution in [2.45, 2.75) is 19.3 Å². The molecule has 29 heavy (non-hydrogen) atoms. The average molecular weight is 386 g/mol. The number of aromatic nitrogens is 1. The van der Waals surface area contributed by atoms with Crippen molar-refractivity contribution in [3.05, 3.63) is 76.3 Å². The molecule has 2 heterocycles. The van der Waals surface area contributed by atoms with Crippen LogP contribution in [0, 0.1) is 0 Å². The quantitative estimate of drug-likeness (QED) is 0.539. The van der Waals surface area contributed by atoms with Crippen molar-refractivity contribution >= 4 is 33.5 Å². The molecular formula is C23H18N2O4. The van der Waals surface area contributed by atoms with Crippen LogP contribution in [-0.2, 0) is 17.6 Å². The van der Waals surface area contributed by atoms with Crippen LogP contribution < -0.4 is 15.7 Å². The Hall–Kier alpha value is -3.67. The van der Waals surface area contributed by atoms with Gasteiger partial charge in [0.1, 0.15) is 11.3 Å². The Labute approximate surface area is 166 Å². The first-order chi connectivity index (χ1) is 14.2. The molecule has 1 amide bonds. The molecule has 0 bridgehead atoms. The van der Waals surface area contributed by atoms with Gasteiger partial charge in [0.15, 0.2) is 6.61 Å². The summed E-state index contributed by atoms with van der Waals surface area (Å²) in [6.07, 6.45) is 4.35. The zero-order valence-corrected chi connectivity index (χ0v) is 15.6. The summed E-state index contributed by atoms with van der Waals surface area (Å²) in [6, 6.07) is 14.7. The Morgan fingerprint density at radius 3 is 2.90 bits per heavy atom. The largest absolute Gasteiger partial charge is 0.484 e. The van der Waals surface area contributed by atoms with Gasteiger partial charge in [0, 0.05) is 28.6 Å². The lowest BCUT2D eigenvalue weighted by Crippen LogP contribution is -2.20. The molecule has 0 unspecified atom stereocenters. The Balaban J connectivity index is 1.33. The predicted molar refractivity (Wildman–Crippen MR) is 110 cm³/mol. The monoisotopic (exact) mass is 386 g/mol. The third kappa shape index (κ3) is 3.23. The molecule has 0 saturated heterocycles. The fourth-order valence-corrected chi connectivity index (χ4v) is 3.90. The number of amides is 1. The molecule has 6 heteroatoms. The van der Waals surface area contributed by atoms with E-state index in [1.165, 1.54) is 0 Å². The number of hydrogen-bond donors (Lipinski definition) is 1. The van der Waals surface area contributed by atoms with Crippen molar-refractivity contribution in [1.29, 1.82) is 0 Å². The summed E-state index contributed by atoms with van der Waals surface area (Å²) in [5.74, 6) is 0.199. The molecule has 0 atom stereocenters. The third-order valence-electron chi connectivity index (χ3n) is 5.23. The van der Waals surface area contributed by atoms with Crippen LogP contribution >= 0.6 is 0 Å². The number of nitrogens with one attached hydrogen (secondary N) is 1. The minimum atomic E-state index is -0.281. The number of benzene rings is 2. The minimum Gasteiger partial charge on any atom is -0.484 e. The Morgan fingerprint density at radius 2 is 1.97 bits per heavy atom. The first kappa shape index (κ1) is 17.4. The van der Waals surface area contributed by atoms with Crippen molar-refractivity contribution in [3.63, 3.8) is 0 Å². The number of carbonyl (C=O) groups is 1. The van der Waals surface area contributed by atoms with E-state index in [9.17, 15) is 9.59 Å². The van der Waals surface area contributed by atoms with Crippen LogP contribution in [0.5, 0.6) is 5.75 Å². The number of hydrogen-bond acceptors (Lipinski definition) is 5. The maximum Gasteiger partial charge on any atom is 0.339 e. The van der Waals surface area contributed by atoms with Gasteiger partial charge >= 0.3 is 5.63 Å². The Bertz CT molecular complexity index is 1300. The molecule has 0 radical (unpaired) electrons. The topological polar surface area (TPSA) is 81.4 Å². The van der Waals surface area contributed by atoms with Gasteiger partial charge in [-0.15, -0.1) is 0 Å². The highest BCUT2D eigenvalue weighted by molar-refractivity contribution is 6.01. The third-order valence-corrected chi connectivity index (χ3v) is 5.23. The second kappa shape index (κ2) is 7.05. The predicted octanol–water partition coefficient (Wildman–Crippen LogP) is 3.85. The van der Waals surface area contributed by atoms with Crippen molar-refractivity contribution < 1.29 is 13.9 Å². The summed E-state index contributed by atoms with van der Waals surface area (Å²) in [5.41, 5.74) is 3.57. The fourth-order valence-electron chi connectivity index (χ4n) is 3.90. The smallest absolute Gasteiger partial charge is 0.339 e. The van der Waals surface area contributed by atoms with Crippen LogP contribution in [0.3, 0.4) is 0 Å². The van der Waals surface area contributed by atoms with Crippen LogP contribution in [0.15, 0.2) is 63.9 Å². The SMILES string of the molecule is O=C(COc1ccc2c3c(c(=O)oc2c1)CCC3)Nc1cccc2ncccc12. The van der Waals surface area contributed by atoms with Crippen molar-refractivity contribution in [2.24, 2.45) is 0 Å². The first-order valence-electron chi connectivity index (χ1n) is 9.54. The lowest BCUT2D eigenvalue weighted by Gasteiger charge is -2.10. The molecular weight excluding hydrogens is 368 g/mol. The summed E-state index contributed by atoms with van der Waals surface area (Å²) < 4.78 is 11.1. The standard InChI is InChI=1S/C23H18N2O4/c26-22(25-20-8-2-7-19-18(20)6-3-11-24-19)13-28-14-9-10-16-15-4-1-5-17(15)23(27)29-21(16)12-14/h2-3,6-12H,1,4-5,13H2,(H,25,26). The molecule has 6 nitrogen and oxygen atoms in total. The van der Waals surface area contributed by atoms with Gasteiger partial charge in [-0.3, -0.25) is 9.78 Å². The van der Waals surface area contributed by atoms with Gasteiger partial charge in [-0.25, -0.2) is 4.79 Å². The molecule has 1 aliphatic rings. The number of anilines is 1.